The van der Waals surface area contributed by atoms with Gasteiger partial charge in [0.2, 0.25) is 5.91 Å². The third kappa shape index (κ3) is 5.15. The number of hydrogen-bond acceptors (Lipinski definition) is 3. The highest BCUT2D eigenvalue weighted by Crippen LogP contribution is 2.23. The highest BCUT2D eigenvalue weighted by molar-refractivity contribution is 5.79. The van der Waals surface area contributed by atoms with E-state index in [1.807, 2.05) is 43.3 Å². The maximum Gasteiger partial charge on any atom is 0.227 e. The van der Waals surface area contributed by atoms with Crippen molar-refractivity contribution in [3.8, 4) is 0 Å². The molecule has 3 rings (SSSR count). The van der Waals surface area contributed by atoms with Crippen LogP contribution in [0.3, 0.4) is 0 Å². The third-order valence-electron chi connectivity index (χ3n) is 5.13. The number of halogens is 1. The summed E-state index contributed by atoms with van der Waals surface area (Å²) < 4.78 is 19.3. The lowest BCUT2D eigenvalue weighted by atomic mass is 9.94. The summed E-state index contributed by atoms with van der Waals surface area (Å²) in [4.78, 5) is 15.0. The number of nitrogens with two attached hydrogens (primary N) is 1. The average molecular weight is 370 g/mol. The molecule has 4 nitrogen and oxygen atoms in total. The molecule has 0 radical (unpaired) electrons. The Hall–Kier alpha value is -2.24. The van der Waals surface area contributed by atoms with E-state index in [0.29, 0.717) is 13.1 Å². The van der Waals surface area contributed by atoms with Gasteiger partial charge in [-0.3, -0.25) is 4.79 Å². The predicted molar refractivity (Wildman–Crippen MR) is 103 cm³/mol. The van der Waals surface area contributed by atoms with E-state index >= 15 is 0 Å². The van der Waals surface area contributed by atoms with Crippen LogP contribution in [-0.2, 0) is 16.1 Å². The Labute approximate surface area is 160 Å². The summed E-state index contributed by atoms with van der Waals surface area (Å²) >= 11 is 0. The Kier molecular flexibility index (Phi) is 6.58. The molecule has 5 heteroatoms. The minimum atomic E-state index is -0.391. The number of rotatable bonds is 7. The van der Waals surface area contributed by atoms with Gasteiger partial charge in [-0.2, -0.15) is 0 Å². The first-order chi connectivity index (χ1) is 13.0. The summed E-state index contributed by atoms with van der Waals surface area (Å²) in [7, 11) is 0. The molecule has 27 heavy (non-hydrogen) atoms. The zero-order chi connectivity index (χ0) is 19.2. The van der Waals surface area contributed by atoms with Crippen LogP contribution in [0.2, 0.25) is 0 Å². The van der Waals surface area contributed by atoms with E-state index in [-0.39, 0.29) is 23.7 Å². The minimum absolute atomic E-state index is 0.0302. The van der Waals surface area contributed by atoms with Crippen LogP contribution in [0.15, 0.2) is 54.6 Å². The van der Waals surface area contributed by atoms with E-state index in [1.54, 1.807) is 11.0 Å². The minimum Gasteiger partial charge on any atom is -0.376 e. The van der Waals surface area contributed by atoms with Crippen molar-refractivity contribution in [1.29, 1.82) is 0 Å². The molecule has 0 spiro atoms. The van der Waals surface area contributed by atoms with Crippen LogP contribution in [0.5, 0.6) is 0 Å². The van der Waals surface area contributed by atoms with Crippen LogP contribution in [0.1, 0.15) is 36.9 Å². The number of carbonyl (C=O) groups excluding carboxylic acids is 1. The molecule has 1 aliphatic heterocycles. The van der Waals surface area contributed by atoms with Gasteiger partial charge < -0.3 is 15.4 Å². The van der Waals surface area contributed by atoms with Crippen LogP contribution < -0.4 is 5.73 Å². The van der Waals surface area contributed by atoms with Gasteiger partial charge in [0.25, 0.3) is 0 Å². The largest absolute Gasteiger partial charge is 0.376 e. The smallest absolute Gasteiger partial charge is 0.227 e. The number of benzene rings is 2. The van der Waals surface area contributed by atoms with Crippen LogP contribution in [0, 0.1) is 11.7 Å². The van der Waals surface area contributed by atoms with E-state index < -0.39 is 6.04 Å². The first-order valence-electron chi connectivity index (χ1n) is 9.50. The van der Waals surface area contributed by atoms with Gasteiger partial charge in [-0.05, 0) is 36.1 Å². The van der Waals surface area contributed by atoms with Gasteiger partial charge in [0.15, 0.2) is 0 Å². The van der Waals surface area contributed by atoms with Crippen molar-refractivity contribution in [3.05, 3.63) is 71.5 Å². The van der Waals surface area contributed by atoms with Crippen LogP contribution in [0.4, 0.5) is 4.39 Å². The van der Waals surface area contributed by atoms with Crippen molar-refractivity contribution in [2.45, 2.75) is 38.5 Å². The molecule has 0 aromatic heterocycles. The fourth-order valence-corrected chi connectivity index (χ4v) is 3.53. The van der Waals surface area contributed by atoms with E-state index in [2.05, 4.69) is 0 Å². The third-order valence-corrected chi connectivity index (χ3v) is 5.13. The molecule has 1 aliphatic rings. The summed E-state index contributed by atoms with van der Waals surface area (Å²) in [6.07, 6.45) is 1.97. The van der Waals surface area contributed by atoms with Crippen molar-refractivity contribution in [2.24, 2.45) is 11.7 Å². The maximum atomic E-state index is 13.6. The molecule has 1 amide bonds. The van der Waals surface area contributed by atoms with Gasteiger partial charge in [-0.25, -0.2) is 4.39 Å². The fraction of sp³-hybridized carbons (Fsp3) is 0.409. The molecule has 1 heterocycles. The Morgan fingerprint density at radius 3 is 2.70 bits per heavy atom. The second-order valence-corrected chi connectivity index (χ2v) is 7.21. The first kappa shape index (κ1) is 19.5. The molecule has 1 fully saturated rings. The summed E-state index contributed by atoms with van der Waals surface area (Å²) in [6.45, 7) is 3.43. The molecule has 2 aromatic carbocycles. The lowest BCUT2D eigenvalue weighted by Gasteiger charge is -2.30. The Bertz CT molecular complexity index is 747. The normalized spacial score (nSPS) is 18.9. The maximum absolute atomic E-state index is 13.6. The summed E-state index contributed by atoms with van der Waals surface area (Å²) in [6, 6.07) is 15.6. The highest BCUT2D eigenvalue weighted by Gasteiger charge is 2.29. The van der Waals surface area contributed by atoms with Crippen LogP contribution >= 0.6 is 0 Å². The van der Waals surface area contributed by atoms with Crippen molar-refractivity contribution in [3.63, 3.8) is 0 Å². The zero-order valence-corrected chi connectivity index (χ0v) is 15.7. The lowest BCUT2D eigenvalue weighted by molar-refractivity contribution is -0.138. The molecule has 3 unspecified atom stereocenters. The standard InChI is InChI=1S/C22H27FN2O2/c1-16(21(24)18-8-3-2-4-9-18)22(26)25(15-20-11-6-12-27-20)14-17-7-5-10-19(23)13-17/h2-5,7-10,13,16,20-21H,6,11-12,14-15,24H2,1H3. The average Bonchev–Trinajstić information content (AvgIpc) is 3.19. The fourth-order valence-electron chi connectivity index (χ4n) is 3.53. The van der Waals surface area contributed by atoms with E-state index in [0.717, 1.165) is 30.6 Å². The van der Waals surface area contributed by atoms with E-state index in [1.165, 1.54) is 12.1 Å². The zero-order valence-electron chi connectivity index (χ0n) is 15.7. The molecule has 3 atom stereocenters. The first-order valence-corrected chi connectivity index (χ1v) is 9.50. The number of nitrogens with zero attached hydrogens (tertiary/aromatic N) is 1. The quantitative estimate of drug-likeness (QED) is 0.809. The predicted octanol–water partition coefficient (Wildman–Crippen LogP) is 3.67. The van der Waals surface area contributed by atoms with Gasteiger partial charge in [-0.1, -0.05) is 49.4 Å². The van der Waals surface area contributed by atoms with Crippen LogP contribution in [0.25, 0.3) is 0 Å². The highest BCUT2D eigenvalue weighted by atomic mass is 19.1. The number of carbonyl (C=O) groups is 1. The van der Waals surface area contributed by atoms with Gasteiger partial charge in [0.05, 0.1) is 12.0 Å². The van der Waals surface area contributed by atoms with Crippen molar-refractivity contribution < 1.29 is 13.9 Å². The van der Waals surface area contributed by atoms with Gasteiger partial charge >= 0.3 is 0 Å². The van der Waals surface area contributed by atoms with Crippen LogP contribution in [-0.4, -0.2) is 30.1 Å². The summed E-state index contributed by atoms with van der Waals surface area (Å²) in [5.74, 6) is -0.723. The second kappa shape index (κ2) is 9.11. The SMILES string of the molecule is CC(C(=O)N(Cc1cccc(F)c1)CC1CCCO1)C(N)c1ccccc1. The van der Waals surface area contributed by atoms with E-state index in [9.17, 15) is 9.18 Å². The summed E-state index contributed by atoms with van der Waals surface area (Å²) in [5.41, 5.74) is 8.06. The van der Waals surface area contributed by atoms with Crippen molar-refractivity contribution in [2.75, 3.05) is 13.2 Å². The van der Waals surface area contributed by atoms with Gasteiger partial charge in [0.1, 0.15) is 5.82 Å². The number of ether oxygens (including phenoxy) is 1. The number of amides is 1. The molecular formula is C22H27FN2O2. The van der Waals surface area contributed by atoms with Gasteiger partial charge in [-0.15, -0.1) is 0 Å². The molecule has 2 N–H and O–H groups in total. The number of hydrogen-bond donors (Lipinski definition) is 1. The Balaban J connectivity index is 1.76. The summed E-state index contributed by atoms with van der Waals surface area (Å²) in [5, 5.41) is 0. The molecule has 2 aromatic rings. The topological polar surface area (TPSA) is 55.6 Å². The Morgan fingerprint density at radius 1 is 1.26 bits per heavy atom. The molecular weight excluding hydrogens is 343 g/mol. The molecule has 0 saturated carbocycles. The molecule has 1 saturated heterocycles. The molecule has 144 valence electrons. The van der Waals surface area contributed by atoms with E-state index in [4.69, 9.17) is 10.5 Å². The molecule has 0 aliphatic carbocycles. The van der Waals surface area contributed by atoms with Gasteiger partial charge in [0, 0.05) is 25.7 Å². The van der Waals surface area contributed by atoms with Crippen molar-refractivity contribution in [1.82, 2.24) is 4.90 Å². The second-order valence-electron chi connectivity index (χ2n) is 7.21. The monoisotopic (exact) mass is 370 g/mol. The molecule has 0 bridgehead atoms. The van der Waals surface area contributed by atoms with Crippen molar-refractivity contribution >= 4 is 5.91 Å². The Morgan fingerprint density at radius 2 is 2.04 bits per heavy atom. The lowest BCUT2D eigenvalue weighted by Crippen LogP contribution is -2.42.